The van der Waals surface area contributed by atoms with Crippen LogP contribution in [0.4, 0.5) is 5.69 Å². The van der Waals surface area contributed by atoms with E-state index in [0.29, 0.717) is 0 Å². The van der Waals surface area contributed by atoms with Crippen molar-refractivity contribution in [2.45, 2.75) is 0 Å². The van der Waals surface area contributed by atoms with Crippen molar-refractivity contribution >= 4 is 68.4 Å². The summed E-state index contributed by atoms with van der Waals surface area (Å²) in [6.45, 7) is 0. The summed E-state index contributed by atoms with van der Waals surface area (Å²) in [6, 6.07) is 51.8. The predicted molar refractivity (Wildman–Crippen MR) is 165 cm³/mol. The zero-order chi connectivity index (χ0) is 25.7. The van der Waals surface area contributed by atoms with Gasteiger partial charge in [0.05, 0.1) is 0 Å². The number of nitrogens with zero attached hydrogens (tertiary/aromatic N) is 1. The summed E-state index contributed by atoms with van der Waals surface area (Å²) in [6.07, 6.45) is 0. The normalized spacial score (nSPS) is 11.6. The second-order valence-electron chi connectivity index (χ2n) is 8.46. The minimum absolute atomic E-state index is 0.848. The third kappa shape index (κ3) is 4.92. The molecule has 2 nitrogen and oxygen atoms in total. The second kappa shape index (κ2) is 11.6. The Kier molecular flexibility index (Phi) is 8.18. The van der Waals surface area contributed by atoms with Crippen molar-refractivity contribution in [3.05, 3.63) is 146 Å². The Hall–Kier alpha value is -2.40. The number of ether oxygens (including phenoxy) is 1. The van der Waals surface area contributed by atoms with E-state index in [1.165, 1.54) is 21.2 Å². The molecule has 0 aliphatic heterocycles. The van der Waals surface area contributed by atoms with Crippen molar-refractivity contribution in [1.29, 1.82) is 0 Å². The van der Waals surface area contributed by atoms with Gasteiger partial charge in [-0.1, -0.05) is 0 Å². The average molecular weight is 649 g/mol. The summed E-state index contributed by atoms with van der Waals surface area (Å²) < 4.78 is 8.69. The van der Waals surface area contributed by atoms with Crippen LogP contribution >= 0.6 is 11.3 Å². The molecule has 0 N–H and O–H groups in total. The molecule has 37 heavy (non-hydrogen) atoms. The van der Waals surface area contributed by atoms with Crippen molar-refractivity contribution < 1.29 is 4.74 Å². The van der Waals surface area contributed by atoms with Gasteiger partial charge in [0.1, 0.15) is 0 Å². The van der Waals surface area contributed by atoms with Gasteiger partial charge in [-0.15, -0.1) is 0 Å². The molecule has 5 aromatic carbocycles. The molecule has 0 saturated carbocycles. The first-order valence-corrected chi connectivity index (χ1v) is 19.9. The number of hydrogen-bond donors (Lipinski definition) is 0. The monoisotopic (exact) mass is 651 g/mol. The van der Waals surface area contributed by atoms with E-state index in [4.69, 9.17) is 4.74 Å². The fourth-order valence-corrected chi connectivity index (χ4v) is 22.3. The molecule has 184 valence electrons. The van der Waals surface area contributed by atoms with Gasteiger partial charge in [-0.25, -0.2) is 0 Å². The molecule has 0 saturated heterocycles. The average Bonchev–Trinajstić information content (AvgIpc) is 2.99. The quantitative estimate of drug-likeness (QED) is 0.155. The number of hydrogen-bond acceptors (Lipinski definition) is 2. The molecule has 0 amide bonds. The Bertz CT molecular complexity index is 1380. The number of methoxy groups -OCH3 is 1. The molecule has 0 radical (unpaired) electrons. The van der Waals surface area contributed by atoms with E-state index < -0.39 is 11.3 Å². The van der Waals surface area contributed by atoms with Crippen LogP contribution in [0.15, 0.2) is 146 Å². The number of rotatable bonds is 8. The predicted octanol–water partition coefficient (Wildman–Crippen LogP) is 5.84. The Balaban J connectivity index is 1.96. The molecule has 0 aliphatic carbocycles. The summed E-state index contributed by atoms with van der Waals surface area (Å²) in [4.78, 5) is 0. The standard InChI is InChI=1S/C31H27NOP2Se2/c1-33-31-25-15-14-24-30(31)32(34(36,26-16-6-2-7-17-26)27-18-8-3-9-19-27)35(37,28-20-10-4-11-21-28)29-22-12-5-13-23-29/h2-25H,1H3. The van der Waals surface area contributed by atoms with Crippen LogP contribution in [0.1, 0.15) is 0 Å². The van der Waals surface area contributed by atoms with E-state index in [-0.39, 0.29) is 0 Å². The van der Waals surface area contributed by atoms with Crippen LogP contribution in [-0.4, -0.2) is 37.3 Å². The molecule has 0 bridgehead atoms. The van der Waals surface area contributed by atoms with E-state index in [9.17, 15) is 0 Å². The van der Waals surface area contributed by atoms with Gasteiger partial charge < -0.3 is 0 Å². The van der Waals surface area contributed by atoms with Crippen LogP contribution in [0.25, 0.3) is 0 Å². The molecular formula is C31H27NOP2Se2. The Labute approximate surface area is 234 Å². The van der Waals surface area contributed by atoms with Gasteiger partial charge in [-0.3, -0.25) is 0 Å². The molecule has 0 heterocycles. The molecule has 5 aromatic rings. The van der Waals surface area contributed by atoms with Crippen LogP contribution in [0.3, 0.4) is 0 Å². The van der Waals surface area contributed by atoms with Gasteiger partial charge in [0.2, 0.25) is 0 Å². The topological polar surface area (TPSA) is 12.5 Å². The van der Waals surface area contributed by atoms with Crippen molar-refractivity contribution in [3.8, 4) is 5.75 Å². The molecule has 0 spiro atoms. The van der Waals surface area contributed by atoms with Gasteiger partial charge in [-0.2, -0.15) is 0 Å². The van der Waals surface area contributed by atoms with Crippen molar-refractivity contribution in [2.75, 3.05) is 11.6 Å². The van der Waals surface area contributed by atoms with Crippen LogP contribution in [0, 0.1) is 0 Å². The molecular weight excluding hydrogens is 622 g/mol. The summed E-state index contributed by atoms with van der Waals surface area (Å²) in [5, 5.41) is 5.05. The van der Waals surface area contributed by atoms with Crippen molar-refractivity contribution in [3.63, 3.8) is 0 Å². The Morgan fingerprint density at radius 3 is 1.08 bits per heavy atom. The molecule has 0 aliphatic rings. The van der Waals surface area contributed by atoms with Crippen molar-refractivity contribution in [2.24, 2.45) is 0 Å². The van der Waals surface area contributed by atoms with Crippen LogP contribution in [0.2, 0.25) is 0 Å². The van der Waals surface area contributed by atoms with Crippen LogP contribution < -0.4 is 30.4 Å². The molecule has 5 rings (SSSR count). The van der Waals surface area contributed by atoms with Gasteiger partial charge >= 0.3 is 236 Å². The zero-order valence-electron chi connectivity index (χ0n) is 20.4. The molecule has 0 atom stereocenters. The minimum atomic E-state index is -2.35. The van der Waals surface area contributed by atoms with Gasteiger partial charge in [-0.05, 0) is 0 Å². The first kappa shape index (κ1) is 26.2. The number of anilines is 1. The van der Waals surface area contributed by atoms with E-state index in [2.05, 4.69) is 174 Å². The first-order chi connectivity index (χ1) is 18.1. The zero-order valence-corrected chi connectivity index (χ0v) is 25.6. The van der Waals surface area contributed by atoms with E-state index in [1.807, 2.05) is 6.07 Å². The number of para-hydroxylation sites is 2. The van der Waals surface area contributed by atoms with Gasteiger partial charge in [0.25, 0.3) is 0 Å². The van der Waals surface area contributed by atoms with Crippen LogP contribution in [-0.2, 0) is 0 Å². The SMILES string of the molecule is COc1ccccc1N(P(=[Se])(c1ccccc1)c1ccccc1)P(=[Se])(c1ccccc1)c1ccccc1. The molecule has 0 fully saturated rings. The van der Waals surface area contributed by atoms with Crippen molar-refractivity contribution in [1.82, 2.24) is 0 Å². The van der Waals surface area contributed by atoms with E-state index in [0.717, 1.165) is 11.4 Å². The maximum atomic E-state index is 6.03. The summed E-state index contributed by atoms with van der Waals surface area (Å²) in [5.74, 6) is 0.848. The first-order valence-electron chi connectivity index (χ1n) is 12.0. The van der Waals surface area contributed by atoms with Crippen LogP contribution in [0.5, 0.6) is 5.75 Å². The number of benzene rings is 5. The Morgan fingerprint density at radius 1 is 0.459 bits per heavy atom. The summed E-state index contributed by atoms with van der Waals surface area (Å²) in [5.41, 5.74) is -3.64. The van der Waals surface area contributed by atoms with Gasteiger partial charge in [0, 0.05) is 0 Å². The summed E-state index contributed by atoms with van der Waals surface area (Å²) in [7, 11) is 1.76. The maximum absolute atomic E-state index is 6.03. The van der Waals surface area contributed by atoms with E-state index >= 15 is 0 Å². The molecule has 0 unspecified atom stereocenters. The summed E-state index contributed by atoms with van der Waals surface area (Å²) >= 11 is 7.62. The fourth-order valence-electron chi connectivity index (χ4n) is 4.53. The Morgan fingerprint density at radius 2 is 0.757 bits per heavy atom. The molecule has 6 heteroatoms. The third-order valence-corrected chi connectivity index (χ3v) is 22.4. The fraction of sp³-hybridized carbons (Fsp3) is 0.0323. The van der Waals surface area contributed by atoms with Gasteiger partial charge in [0.15, 0.2) is 0 Å². The molecule has 0 aromatic heterocycles. The third-order valence-electron chi connectivity index (χ3n) is 6.26. The second-order valence-corrected chi connectivity index (χ2v) is 20.6. The van der Waals surface area contributed by atoms with E-state index in [1.54, 1.807) is 7.11 Å².